The number of carbonyl (C=O) groups excluding carboxylic acids is 2. The second-order valence-corrected chi connectivity index (χ2v) is 10.7. The van der Waals surface area contributed by atoms with Gasteiger partial charge >= 0.3 is 6.09 Å². The Morgan fingerprint density at radius 2 is 1.74 bits per heavy atom. The summed E-state index contributed by atoms with van der Waals surface area (Å²) in [5.74, 6) is -1.43. The molecule has 0 spiro atoms. The minimum Gasteiger partial charge on any atom is -0.444 e. The van der Waals surface area contributed by atoms with Gasteiger partial charge in [0.1, 0.15) is 28.2 Å². The van der Waals surface area contributed by atoms with Crippen LogP contribution in [0.3, 0.4) is 0 Å². The summed E-state index contributed by atoms with van der Waals surface area (Å²) in [7, 11) is 2.36. The summed E-state index contributed by atoms with van der Waals surface area (Å²) in [4.78, 5) is 30.7. The maximum atomic E-state index is 14.1. The Labute approximate surface area is 222 Å². The van der Waals surface area contributed by atoms with Crippen LogP contribution in [0.1, 0.15) is 44.0 Å². The number of hydrogen-bond donors (Lipinski definition) is 2. The monoisotopic (exact) mass is 544 g/mol. The van der Waals surface area contributed by atoms with E-state index in [2.05, 4.69) is 24.9 Å². The SMILES string of the molecule is CC(C)(C)OC(=O)N1CCC(CNC(=O)c2ccc(Nc3oc(-c4c(F)cccc4F)nc3P)cc2)CC1. The molecule has 2 amide bonds. The van der Waals surface area contributed by atoms with E-state index in [4.69, 9.17) is 9.15 Å². The number of amides is 2. The number of likely N-dealkylation sites (tertiary alicyclic amines) is 1. The van der Waals surface area contributed by atoms with E-state index in [0.717, 1.165) is 25.0 Å². The van der Waals surface area contributed by atoms with Crippen molar-refractivity contribution >= 4 is 38.2 Å². The molecule has 11 heteroatoms. The second-order valence-electron chi connectivity index (χ2n) is 10.2. The molecule has 0 saturated carbocycles. The highest BCUT2D eigenvalue weighted by Crippen LogP contribution is 2.28. The van der Waals surface area contributed by atoms with E-state index in [1.165, 1.54) is 6.07 Å². The highest BCUT2D eigenvalue weighted by molar-refractivity contribution is 7.27. The van der Waals surface area contributed by atoms with Crippen molar-refractivity contribution in [1.29, 1.82) is 0 Å². The van der Waals surface area contributed by atoms with Gasteiger partial charge in [-0.2, -0.15) is 0 Å². The van der Waals surface area contributed by atoms with Crippen LogP contribution in [0, 0.1) is 17.6 Å². The molecule has 1 aromatic heterocycles. The molecule has 0 aliphatic carbocycles. The molecule has 1 saturated heterocycles. The first-order chi connectivity index (χ1) is 18.0. The number of carbonyl (C=O) groups is 2. The van der Waals surface area contributed by atoms with Crippen molar-refractivity contribution in [1.82, 2.24) is 15.2 Å². The zero-order valence-corrected chi connectivity index (χ0v) is 22.7. The summed E-state index contributed by atoms with van der Waals surface area (Å²) in [5.41, 5.74) is 0.578. The van der Waals surface area contributed by atoms with Gasteiger partial charge in [0, 0.05) is 30.9 Å². The van der Waals surface area contributed by atoms with Crippen molar-refractivity contribution in [3.8, 4) is 11.5 Å². The molecule has 8 nitrogen and oxygen atoms in total. The number of halogens is 2. The van der Waals surface area contributed by atoms with E-state index in [1.807, 2.05) is 20.8 Å². The first-order valence-electron chi connectivity index (χ1n) is 12.3. The molecular formula is C27H31F2N4O4P. The fourth-order valence-electron chi connectivity index (χ4n) is 4.05. The molecule has 1 aliphatic rings. The Hall–Kier alpha value is -3.52. The average molecular weight is 545 g/mol. The number of hydrogen-bond acceptors (Lipinski definition) is 6. The van der Waals surface area contributed by atoms with E-state index < -0.39 is 17.2 Å². The highest BCUT2D eigenvalue weighted by Gasteiger charge is 2.27. The van der Waals surface area contributed by atoms with Gasteiger partial charge in [-0.3, -0.25) is 4.79 Å². The van der Waals surface area contributed by atoms with Crippen LogP contribution in [0.15, 0.2) is 46.9 Å². The van der Waals surface area contributed by atoms with Crippen LogP contribution in [0.25, 0.3) is 11.5 Å². The van der Waals surface area contributed by atoms with Crippen molar-refractivity contribution < 1.29 is 27.5 Å². The van der Waals surface area contributed by atoms with Gasteiger partial charge in [-0.1, -0.05) is 15.3 Å². The number of anilines is 2. The number of ether oxygens (including phenoxy) is 1. The predicted octanol–water partition coefficient (Wildman–Crippen LogP) is 5.24. The van der Waals surface area contributed by atoms with Gasteiger partial charge in [-0.15, -0.1) is 0 Å². The van der Waals surface area contributed by atoms with E-state index in [9.17, 15) is 18.4 Å². The van der Waals surface area contributed by atoms with E-state index in [-0.39, 0.29) is 35.3 Å². The van der Waals surface area contributed by atoms with Gasteiger partial charge in [-0.05, 0) is 75.9 Å². The van der Waals surface area contributed by atoms with Crippen LogP contribution >= 0.6 is 9.24 Å². The third kappa shape index (κ3) is 6.86. The zero-order valence-electron chi connectivity index (χ0n) is 21.5. The summed E-state index contributed by atoms with van der Waals surface area (Å²) >= 11 is 0. The Bertz CT molecular complexity index is 1280. The molecule has 4 rings (SSSR count). The van der Waals surface area contributed by atoms with Gasteiger partial charge in [0.05, 0.1) is 0 Å². The number of oxazole rings is 1. The minimum absolute atomic E-state index is 0.180. The fraction of sp³-hybridized carbons (Fsp3) is 0.370. The maximum Gasteiger partial charge on any atom is 0.410 e. The van der Waals surface area contributed by atoms with Gasteiger partial charge in [0.15, 0.2) is 0 Å². The van der Waals surface area contributed by atoms with Crippen LogP contribution < -0.4 is 16.1 Å². The van der Waals surface area contributed by atoms with Crippen LogP contribution in [-0.2, 0) is 4.74 Å². The molecule has 2 aromatic carbocycles. The molecule has 3 aromatic rings. The molecule has 202 valence electrons. The van der Waals surface area contributed by atoms with Crippen molar-refractivity contribution in [2.45, 2.75) is 39.2 Å². The standard InChI is InChI=1S/C27H31F2N4O4P/c1-27(2,3)37-26(35)33-13-11-16(12-14-33)15-30-22(34)17-7-9-18(10-8-17)31-24-25(38)32-23(36-24)21-19(28)5-4-6-20(21)29/h4-10,16,31H,11-15,38H2,1-3H3,(H,30,34). The highest BCUT2D eigenvalue weighted by atomic mass is 31.0. The second kappa shape index (κ2) is 11.5. The van der Waals surface area contributed by atoms with Crippen LogP contribution in [0.2, 0.25) is 0 Å². The number of nitrogens with zero attached hydrogens (tertiary/aromatic N) is 2. The molecule has 0 bridgehead atoms. The Morgan fingerprint density at radius 1 is 1.11 bits per heavy atom. The molecule has 2 heterocycles. The molecule has 38 heavy (non-hydrogen) atoms. The van der Waals surface area contributed by atoms with Crippen LogP contribution in [-0.4, -0.2) is 47.1 Å². The third-order valence-electron chi connectivity index (χ3n) is 6.05. The molecule has 2 N–H and O–H groups in total. The molecular weight excluding hydrogens is 513 g/mol. The lowest BCUT2D eigenvalue weighted by Crippen LogP contribution is -2.43. The minimum atomic E-state index is -0.772. The summed E-state index contributed by atoms with van der Waals surface area (Å²) < 4.78 is 39.2. The summed E-state index contributed by atoms with van der Waals surface area (Å²) in [5, 5.41) is 5.97. The number of piperidine rings is 1. The topological polar surface area (TPSA) is 96.7 Å². The lowest BCUT2D eigenvalue weighted by molar-refractivity contribution is 0.0183. The summed E-state index contributed by atoms with van der Waals surface area (Å²) in [6, 6.07) is 10.3. The summed E-state index contributed by atoms with van der Waals surface area (Å²) in [6.45, 7) is 7.24. The lowest BCUT2D eigenvalue weighted by atomic mass is 9.97. The molecule has 0 radical (unpaired) electrons. The first-order valence-corrected chi connectivity index (χ1v) is 12.9. The van der Waals surface area contributed by atoms with Gasteiger partial charge < -0.3 is 24.7 Å². The first kappa shape index (κ1) is 27.5. The summed E-state index contributed by atoms with van der Waals surface area (Å²) in [6.07, 6.45) is 1.27. The normalized spacial score (nSPS) is 14.3. The molecule has 1 aliphatic heterocycles. The van der Waals surface area contributed by atoms with E-state index in [0.29, 0.717) is 36.3 Å². The average Bonchev–Trinajstić information content (AvgIpc) is 3.21. The Balaban J connectivity index is 1.28. The number of rotatable bonds is 6. The van der Waals surface area contributed by atoms with Gasteiger partial charge in [-0.25, -0.2) is 18.6 Å². The number of nitrogens with one attached hydrogen (secondary N) is 2. The van der Waals surface area contributed by atoms with Crippen molar-refractivity contribution in [3.05, 3.63) is 59.7 Å². The molecule has 1 fully saturated rings. The van der Waals surface area contributed by atoms with Crippen molar-refractivity contribution in [3.63, 3.8) is 0 Å². The van der Waals surface area contributed by atoms with Crippen LogP contribution in [0.5, 0.6) is 0 Å². The van der Waals surface area contributed by atoms with Crippen molar-refractivity contribution in [2.75, 3.05) is 25.0 Å². The maximum absolute atomic E-state index is 14.1. The van der Waals surface area contributed by atoms with Gasteiger partial charge in [0.25, 0.3) is 5.91 Å². The quantitative estimate of drug-likeness (QED) is 0.412. The predicted molar refractivity (Wildman–Crippen MR) is 144 cm³/mol. The van der Waals surface area contributed by atoms with Crippen molar-refractivity contribution in [2.24, 2.45) is 5.92 Å². The van der Waals surface area contributed by atoms with E-state index in [1.54, 1.807) is 29.2 Å². The Morgan fingerprint density at radius 3 is 2.34 bits per heavy atom. The Kier molecular flexibility index (Phi) is 8.31. The zero-order chi connectivity index (χ0) is 27.4. The van der Waals surface area contributed by atoms with Crippen LogP contribution in [0.4, 0.5) is 25.1 Å². The fourth-order valence-corrected chi connectivity index (χ4v) is 4.30. The smallest absolute Gasteiger partial charge is 0.410 e. The number of benzene rings is 2. The van der Waals surface area contributed by atoms with E-state index >= 15 is 0 Å². The lowest BCUT2D eigenvalue weighted by Gasteiger charge is -2.33. The largest absolute Gasteiger partial charge is 0.444 e. The molecule has 1 atom stereocenters. The number of aromatic nitrogens is 1. The third-order valence-corrected chi connectivity index (χ3v) is 6.44. The van der Waals surface area contributed by atoms with Gasteiger partial charge in [0.2, 0.25) is 11.8 Å². The molecule has 1 unspecified atom stereocenters.